The molecule has 1 aromatic rings. The average molecular weight is 260 g/mol. The van der Waals surface area contributed by atoms with Crippen molar-refractivity contribution in [2.45, 2.75) is 25.8 Å². The lowest BCUT2D eigenvalue weighted by Gasteiger charge is -2.31. The van der Waals surface area contributed by atoms with Crippen molar-refractivity contribution >= 4 is 5.69 Å². The summed E-state index contributed by atoms with van der Waals surface area (Å²) >= 11 is 0. The summed E-state index contributed by atoms with van der Waals surface area (Å²) in [4.78, 5) is 2.57. The fourth-order valence-corrected chi connectivity index (χ4v) is 3.24. The molecule has 0 atom stereocenters. The molecule has 0 aliphatic carbocycles. The molecule has 2 aliphatic rings. The third-order valence-electron chi connectivity index (χ3n) is 4.40. The Morgan fingerprint density at radius 2 is 2.16 bits per heavy atom. The zero-order valence-electron chi connectivity index (χ0n) is 11.8. The standard InChI is InChI=1S/C16H24N2O/c1-19-12-13-5-8-18(9-6-13)11-14-2-3-15-4-7-17-16(15)10-14/h2-3,10,13,17H,4-9,11-12H2,1H3. The maximum atomic E-state index is 5.26. The van der Waals surface area contributed by atoms with Crippen LogP contribution in [-0.2, 0) is 17.7 Å². The fourth-order valence-electron chi connectivity index (χ4n) is 3.24. The number of hydrogen-bond donors (Lipinski definition) is 1. The summed E-state index contributed by atoms with van der Waals surface area (Å²) in [5.74, 6) is 0.767. The van der Waals surface area contributed by atoms with Crippen LogP contribution in [0, 0.1) is 5.92 Å². The number of ether oxygens (including phenoxy) is 1. The number of anilines is 1. The summed E-state index contributed by atoms with van der Waals surface area (Å²) in [5.41, 5.74) is 4.27. The molecule has 0 aromatic heterocycles. The number of methoxy groups -OCH3 is 1. The van der Waals surface area contributed by atoms with Crippen molar-refractivity contribution in [2.24, 2.45) is 5.92 Å². The fraction of sp³-hybridized carbons (Fsp3) is 0.625. The van der Waals surface area contributed by atoms with E-state index in [-0.39, 0.29) is 0 Å². The highest BCUT2D eigenvalue weighted by atomic mass is 16.5. The summed E-state index contributed by atoms with van der Waals surface area (Å²) in [6, 6.07) is 6.93. The van der Waals surface area contributed by atoms with Crippen molar-refractivity contribution in [1.29, 1.82) is 0 Å². The van der Waals surface area contributed by atoms with Crippen LogP contribution in [0.3, 0.4) is 0 Å². The predicted octanol–water partition coefficient (Wildman–Crippen LogP) is 2.51. The van der Waals surface area contributed by atoms with E-state index in [4.69, 9.17) is 4.74 Å². The number of rotatable bonds is 4. The molecule has 2 heterocycles. The van der Waals surface area contributed by atoms with E-state index in [2.05, 4.69) is 28.4 Å². The second-order valence-corrected chi connectivity index (χ2v) is 5.84. The van der Waals surface area contributed by atoms with Crippen LogP contribution < -0.4 is 5.32 Å². The van der Waals surface area contributed by atoms with Crippen LogP contribution >= 0.6 is 0 Å². The number of piperidine rings is 1. The lowest BCUT2D eigenvalue weighted by molar-refractivity contribution is 0.0968. The second-order valence-electron chi connectivity index (χ2n) is 5.84. The first-order chi connectivity index (χ1) is 9.35. The molecule has 0 amide bonds. The highest BCUT2D eigenvalue weighted by Crippen LogP contribution is 2.25. The Hall–Kier alpha value is -1.06. The van der Waals surface area contributed by atoms with Gasteiger partial charge in [0.25, 0.3) is 0 Å². The van der Waals surface area contributed by atoms with E-state index in [0.29, 0.717) is 0 Å². The molecule has 1 N–H and O–H groups in total. The molecular formula is C16H24N2O. The van der Waals surface area contributed by atoms with Crippen LogP contribution in [0.25, 0.3) is 0 Å². The number of likely N-dealkylation sites (tertiary alicyclic amines) is 1. The lowest BCUT2D eigenvalue weighted by atomic mass is 9.97. The molecule has 1 aromatic carbocycles. The Bertz CT molecular complexity index is 425. The van der Waals surface area contributed by atoms with Gasteiger partial charge in [0, 0.05) is 32.5 Å². The minimum Gasteiger partial charge on any atom is -0.384 e. The van der Waals surface area contributed by atoms with Crippen molar-refractivity contribution in [2.75, 3.05) is 38.7 Å². The first-order valence-corrected chi connectivity index (χ1v) is 7.42. The smallest absolute Gasteiger partial charge is 0.0491 e. The first-order valence-electron chi connectivity index (χ1n) is 7.42. The van der Waals surface area contributed by atoms with Crippen molar-refractivity contribution in [3.8, 4) is 0 Å². The van der Waals surface area contributed by atoms with Crippen LogP contribution in [-0.4, -0.2) is 38.3 Å². The van der Waals surface area contributed by atoms with E-state index in [1.165, 1.54) is 49.2 Å². The molecule has 1 saturated heterocycles. The molecule has 3 rings (SSSR count). The molecule has 19 heavy (non-hydrogen) atoms. The minimum atomic E-state index is 0.767. The molecule has 0 spiro atoms. The third-order valence-corrected chi connectivity index (χ3v) is 4.40. The number of nitrogens with one attached hydrogen (secondary N) is 1. The summed E-state index contributed by atoms with van der Waals surface area (Å²) in [6.07, 6.45) is 3.73. The van der Waals surface area contributed by atoms with E-state index in [9.17, 15) is 0 Å². The Labute approximate surface area is 115 Å². The van der Waals surface area contributed by atoms with Gasteiger partial charge in [-0.2, -0.15) is 0 Å². The number of fused-ring (bicyclic) bond motifs is 1. The van der Waals surface area contributed by atoms with Crippen molar-refractivity contribution < 1.29 is 4.74 Å². The van der Waals surface area contributed by atoms with E-state index in [1.807, 2.05) is 7.11 Å². The summed E-state index contributed by atoms with van der Waals surface area (Å²) < 4.78 is 5.26. The maximum absolute atomic E-state index is 5.26. The average Bonchev–Trinajstić information content (AvgIpc) is 2.89. The molecule has 0 bridgehead atoms. The summed E-state index contributed by atoms with van der Waals surface area (Å²) in [6.45, 7) is 5.53. The van der Waals surface area contributed by atoms with Crippen LogP contribution in [0.1, 0.15) is 24.0 Å². The van der Waals surface area contributed by atoms with E-state index >= 15 is 0 Å². The molecule has 3 heteroatoms. The Morgan fingerprint density at radius 1 is 1.32 bits per heavy atom. The topological polar surface area (TPSA) is 24.5 Å². The molecule has 0 saturated carbocycles. The van der Waals surface area contributed by atoms with Crippen molar-refractivity contribution in [3.63, 3.8) is 0 Å². The Balaban J connectivity index is 1.55. The van der Waals surface area contributed by atoms with Gasteiger partial charge in [0.05, 0.1) is 0 Å². The highest BCUT2D eigenvalue weighted by Gasteiger charge is 2.19. The molecule has 104 valence electrons. The van der Waals surface area contributed by atoms with Gasteiger partial charge in [-0.25, -0.2) is 0 Å². The van der Waals surface area contributed by atoms with Gasteiger partial charge in [0.15, 0.2) is 0 Å². The van der Waals surface area contributed by atoms with Crippen LogP contribution in [0.2, 0.25) is 0 Å². The molecule has 1 fully saturated rings. The molecule has 2 aliphatic heterocycles. The summed E-state index contributed by atoms with van der Waals surface area (Å²) in [5, 5.41) is 3.47. The molecule has 3 nitrogen and oxygen atoms in total. The normalized spacial score (nSPS) is 20.3. The number of nitrogens with zero attached hydrogens (tertiary/aromatic N) is 1. The van der Waals surface area contributed by atoms with Gasteiger partial charge < -0.3 is 10.1 Å². The predicted molar refractivity (Wildman–Crippen MR) is 78.5 cm³/mol. The first kappa shape index (κ1) is 12.9. The highest BCUT2D eigenvalue weighted by molar-refractivity contribution is 5.57. The molecule has 0 unspecified atom stereocenters. The monoisotopic (exact) mass is 260 g/mol. The zero-order chi connectivity index (χ0) is 13.1. The number of hydrogen-bond acceptors (Lipinski definition) is 3. The van der Waals surface area contributed by atoms with Crippen molar-refractivity contribution in [3.05, 3.63) is 29.3 Å². The second kappa shape index (κ2) is 5.93. The van der Waals surface area contributed by atoms with Crippen LogP contribution in [0.5, 0.6) is 0 Å². The summed E-state index contributed by atoms with van der Waals surface area (Å²) in [7, 11) is 1.81. The zero-order valence-corrected chi connectivity index (χ0v) is 11.8. The largest absolute Gasteiger partial charge is 0.384 e. The van der Waals surface area contributed by atoms with Crippen LogP contribution in [0.15, 0.2) is 18.2 Å². The van der Waals surface area contributed by atoms with Crippen molar-refractivity contribution in [1.82, 2.24) is 4.90 Å². The Kier molecular flexibility index (Phi) is 4.04. The van der Waals surface area contributed by atoms with Gasteiger partial charge in [-0.05, 0) is 55.5 Å². The minimum absolute atomic E-state index is 0.767. The van der Waals surface area contributed by atoms with Gasteiger partial charge in [-0.1, -0.05) is 12.1 Å². The van der Waals surface area contributed by atoms with E-state index < -0.39 is 0 Å². The number of benzene rings is 1. The van der Waals surface area contributed by atoms with Gasteiger partial charge in [0.1, 0.15) is 0 Å². The maximum Gasteiger partial charge on any atom is 0.0491 e. The van der Waals surface area contributed by atoms with Gasteiger partial charge >= 0.3 is 0 Å². The molecular weight excluding hydrogens is 236 g/mol. The Morgan fingerprint density at radius 3 is 2.95 bits per heavy atom. The van der Waals surface area contributed by atoms with E-state index in [1.54, 1.807) is 0 Å². The third kappa shape index (κ3) is 3.10. The van der Waals surface area contributed by atoms with Gasteiger partial charge in [-0.15, -0.1) is 0 Å². The quantitative estimate of drug-likeness (QED) is 0.900. The SMILES string of the molecule is COCC1CCN(Cc2ccc3c(c2)NCC3)CC1. The lowest BCUT2D eigenvalue weighted by Crippen LogP contribution is -2.34. The van der Waals surface area contributed by atoms with Gasteiger partial charge in [-0.3, -0.25) is 4.90 Å². The van der Waals surface area contributed by atoms with E-state index in [0.717, 1.165) is 25.6 Å². The molecule has 0 radical (unpaired) electrons. The van der Waals surface area contributed by atoms with Crippen LogP contribution in [0.4, 0.5) is 5.69 Å². The van der Waals surface area contributed by atoms with Gasteiger partial charge in [0.2, 0.25) is 0 Å².